The average Bonchev–Trinajstić information content (AvgIpc) is 2.86. The van der Waals surface area contributed by atoms with E-state index in [4.69, 9.17) is 4.74 Å². The summed E-state index contributed by atoms with van der Waals surface area (Å²) in [4.78, 5) is 18.7. The largest absolute Gasteiger partial charge is 0.379 e. The summed E-state index contributed by atoms with van der Waals surface area (Å²) < 4.78 is 5.38. The Morgan fingerprint density at radius 3 is 3.00 bits per heavy atom. The topological polar surface area (TPSA) is 102 Å². The van der Waals surface area contributed by atoms with Crippen LogP contribution < -0.4 is 10.6 Å². The first-order valence-electron chi connectivity index (χ1n) is 6.70. The molecule has 1 aliphatic rings. The lowest BCUT2D eigenvalue weighted by Gasteiger charge is -2.20. The summed E-state index contributed by atoms with van der Waals surface area (Å²) in [5.74, 6) is 0.627. The monoisotopic (exact) mass is 281 g/mol. The quantitative estimate of drug-likeness (QED) is 0.605. The number of rotatable bonds is 6. The van der Waals surface area contributed by atoms with E-state index in [0.29, 0.717) is 12.5 Å². The van der Waals surface area contributed by atoms with Gasteiger partial charge < -0.3 is 15.4 Å². The SMILES string of the molecule is CCNc1ncc([N+](=O)[O-])c(NC2CCCC2OC)n1. The predicted molar refractivity (Wildman–Crippen MR) is 74.9 cm³/mol. The molecular weight excluding hydrogens is 262 g/mol. The summed E-state index contributed by atoms with van der Waals surface area (Å²) >= 11 is 0. The van der Waals surface area contributed by atoms with Gasteiger partial charge in [-0.3, -0.25) is 10.1 Å². The minimum atomic E-state index is -0.477. The number of methoxy groups -OCH3 is 1. The van der Waals surface area contributed by atoms with Crippen LogP contribution in [-0.4, -0.2) is 40.7 Å². The Bertz CT molecular complexity index is 482. The van der Waals surface area contributed by atoms with Crippen LogP contribution in [0.1, 0.15) is 26.2 Å². The van der Waals surface area contributed by atoms with Gasteiger partial charge in [0.05, 0.1) is 17.1 Å². The Labute approximate surface area is 117 Å². The van der Waals surface area contributed by atoms with E-state index >= 15 is 0 Å². The van der Waals surface area contributed by atoms with Gasteiger partial charge in [0.25, 0.3) is 0 Å². The molecule has 0 aromatic carbocycles. The molecule has 8 heteroatoms. The molecule has 1 heterocycles. The number of nitrogens with one attached hydrogen (secondary N) is 2. The molecule has 0 radical (unpaired) electrons. The Morgan fingerprint density at radius 1 is 1.55 bits per heavy atom. The van der Waals surface area contributed by atoms with E-state index in [-0.39, 0.29) is 23.7 Å². The molecule has 0 saturated heterocycles. The maximum absolute atomic E-state index is 11.0. The van der Waals surface area contributed by atoms with E-state index in [1.54, 1.807) is 7.11 Å². The second-order valence-corrected chi connectivity index (χ2v) is 4.67. The summed E-state index contributed by atoms with van der Waals surface area (Å²) in [5, 5.41) is 17.1. The van der Waals surface area contributed by atoms with Crippen LogP contribution in [0.3, 0.4) is 0 Å². The van der Waals surface area contributed by atoms with Gasteiger partial charge in [0.2, 0.25) is 11.8 Å². The minimum absolute atomic E-state index is 0.0445. The fourth-order valence-corrected chi connectivity index (χ4v) is 2.41. The van der Waals surface area contributed by atoms with Crippen LogP contribution in [0.5, 0.6) is 0 Å². The van der Waals surface area contributed by atoms with Crippen LogP contribution in [0.4, 0.5) is 17.5 Å². The van der Waals surface area contributed by atoms with E-state index < -0.39 is 4.92 Å². The van der Waals surface area contributed by atoms with Crippen LogP contribution in [0.2, 0.25) is 0 Å². The lowest BCUT2D eigenvalue weighted by atomic mass is 10.2. The Hall–Kier alpha value is -1.96. The highest BCUT2D eigenvalue weighted by Crippen LogP contribution is 2.28. The van der Waals surface area contributed by atoms with Crippen molar-refractivity contribution in [2.45, 2.75) is 38.3 Å². The third-order valence-electron chi connectivity index (χ3n) is 3.38. The van der Waals surface area contributed by atoms with Crippen LogP contribution in [0.15, 0.2) is 6.20 Å². The number of hydrogen-bond acceptors (Lipinski definition) is 7. The van der Waals surface area contributed by atoms with Gasteiger partial charge >= 0.3 is 5.69 Å². The van der Waals surface area contributed by atoms with Crippen molar-refractivity contribution in [2.75, 3.05) is 24.3 Å². The Morgan fingerprint density at radius 2 is 2.35 bits per heavy atom. The normalized spacial score (nSPS) is 21.7. The van der Waals surface area contributed by atoms with Gasteiger partial charge in [-0.05, 0) is 26.2 Å². The van der Waals surface area contributed by atoms with Crippen LogP contribution in [0, 0.1) is 10.1 Å². The highest BCUT2D eigenvalue weighted by molar-refractivity contribution is 5.57. The van der Waals surface area contributed by atoms with Crippen molar-refractivity contribution >= 4 is 17.5 Å². The summed E-state index contributed by atoms with van der Waals surface area (Å²) in [6.07, 6.45) is 4.19. The van der Waals surface area contributed by atoms with E-state index in [0.717, 1.165) is 19.3 Å². The lowest BCUT2D eigenvalue weighted by molar-refractivity contribution is -0.384. The van der Waals surface area contributed by atoms with Crippen LogP contribution in [-0.2, 0) is 4.74 Å². The summed E-state index contributed by atoms with van der Waals surface area (Å²) in [5.41, 5.74) is -0.117. The zero-order chi connectivity index (χ0) is 14.5. The van der Waals surface area contributed by atoms with Crippen molar-refractivity contribution < 1.29 is 9.66 Å². The highest BCUT2D eigenvalue weighted by Gasteiger charge is 2.29. The fourth-order valence-electron chi connectivity index (χ4n) is 2.41. The lowest BCUT2D eigenvalue weighted by Crippen LogP contribution is -2.30. The zero-order valence-electron chi connectivity index (χ0n) is 11.6. The number of anilines is 2. The molecule has 2 rings (SSSR count). The molecule has 0 bridgehead atoms. The summed E-state index contributed by atoms with van der Waals surface area (Å²) in [6, 6.07) is 0.0445. The van der Waals surface area contributed by atoms with Crippen molar-refractivity contribution in [1.82, 2.24) is 9.97 Å². The van der Waals surface area contributed by atoms with E-state index in [1.807, 2.05) is 6.92 Å². The van der Waals surface area contributed by atoms with Gasteiger partial charge in [-0.1, -0.05) is 0 Å². The molecule has 110 valence electrons. The van der Waals surface area contributed by atoms with E-state index in [1.165, 1.54) is 6.20 Å². The van der Waals surface area contributed by atoms with Gasteiger partial charge in [0.1, 0.15) is 6.20 Å². The molecule has 1 aliphatic carbocycles. The molecule has 2 atom stereocenters. The number of hydrogen-bond donors (Lipinski definition) is 2. The van der Waals surface area contributed by atoms with Crippen LogP contribution >= 0.6 is 0 Å². The third kappa shape index (κ3) is 3.13. The molecule has 8 nitrogen and oxygen atoms in total. The Kier molecular flexibility index (Phi) is 4.67. The van der Waals surface area contributed by atoms with Crippen molar-refractivity contribution in [1.29, 1.82) is 0 Å². The molecular formula is C12H19N5O3. The van der Waals surface area contributed by atoms with Gasteiger partial charge in [0.15, 0.2) is 0 Å². The number of ether oxygens (including phenoxy) is 1. The average molecular weight is 281 g/mol. The second-order valence-electron chi connectivity index (χ2n) is 4.67. The maximum Gasteiger partial charge on any atom is 0.329 e. The first-order valence-corrected chi connectivity index (χ1v) is 6.70. The minimum Gasteiger partial charge on any atom is -0.379 e. The van der Waals surface area contributed by atoms with Gasteiger partial charge in [-0.15, -0.1) is 0 Å². The molecule has 2 N–H and O–H groups in total. The predicted octanol–water partition coefficient (Wildman–Crippen LogP) is 1.80. The summed E-state index contributed by atoms with van der Waals surface area (Å²) in [7, 11) is 1.66. The smallest absolute Gasteiger partial charge is 0.329 e. The molecule has 0 aliphatic heterocycles. The van der Waals surface area contributed by atoms with Gasteiger partial charge in [-0.2, -0.15) is 4.98 Å². The molecule has 1 aromatic rings. The molecule has 1 fully saturated rings. The molecule has 2 unspecified atom stereocenters. The van der Waals surface area contributed by atoms with E-state index in [2.05, 4.69) is 20.6 Å². The molecule has 0 spiro atoms. The number of nitro groups is 1. The standard InChI is InChI=1S/C12H19N5O3/c1-3-13-12-14-7-9(17(18)19)11(16-12)15-8-5-4-6-10(8)20-2/h7-8,10H,3-6H2,1-2H3,(H2,13,14,15,16). The van der Waals surface area contributed by atoms with Gasteiger partial charge in [-0.25, -0.2) is 4.98 Å². The van der Waals surface area contributed by atoms with Crippen molar-refractivity contribution in [3.63, 3.8) is 0 Å². The molecule has 1 aromatic heterocycles. The zero-order valence-corrected chi connectivity index (χ0v) is 11.6. The first kappa shape index (κ1) is 14.4. The number of nitrogens with zero attached hydrogens (tertiary/aromatic N) is 3. The maximum atomic E-state index is 11.0. The molecule has 20 heavy (non-hydrogen) atoms. The van der Waals surface area contributed by atoms with Gasteiger partial charge in [0, 0.05) is 13.7 Å². The number of aromatic nitrogens is 2. The Balaban J connectivity index is 2.23. The molecule has 1 saturated carbocycles. The molecule has 0 amide bonds. The third-order valence-corrected chi connectivity index (χ3v) is 3.38. The second kappa shape index (κ2) is 6.47. The van der Waals surface area contributed by atoms with Crippen molar-refractivity contribution in [3.8, 4) is 0 Å². The fraction of sp³-hybridized carbons (Fsp3) is 0.667. The first-order chi connectivity index (χ1) is 9.65. The summed E-state index contributed by atoms with van der Waals surface area (Å²) in [6.45, 7) is 2.57. The van der Waals surface area contributed by atoms with Crippen molar-refractivity contribution in [3.05, 3.63) is 16.3 Å². The van der Waals surface area contributed by atoms with Crippen LogP contribution in [0.25, 0.3) is 0 Å². The van der Waals surface area contributed by atoms with E-state index in [9.17, 15) is 10.1 Å². The van der Waals surface area contributed by atoms with Crippen molar-refractivity contribution in [2.24, 2.45) is 0 Å². The highest BCUT2D eigenvalue weighted by atomic mass is 16.6.